The van der Waals surface area contributed by atoms with Crippen molar-refractivity contribution in [3.63, 3.8) is 0 Å². The quantitative estimate of drug-likeness (QED) is 0.477. The number of aromatic nitrogens is 1. The van der Waals surface area contributed by atoms with Crippen LogP contribution in [0.15, 0.2) is 70.2 Å². The first-order chi connectivity index (χ1) is 14.5. The number of nitrogens with one attached hydrogen (secondary N) is 1. The Balaban J connectivity index is 2.13. The number of halogens is 4. The van der Waals surface area contributed by atoms with E-state index in [1.54, 1.807) is 12.1 Å². The summed E-state index contributed by atoms with van der Waals surface area (Å²) in [5.74, 6) is -0.766. The van der Waals surface area contributed by atoms with Gasteiger partial charge in [0.25, 0.3) is 10.0 Å². The van der Waals surface area contributed by atoms with Gasteiger partial charge in [-0.05, 0) is 58.4 Å². The molecule has 0 unspecified atom stereocenters. The van der Waals surface area contributed by atoms with E-state index in [0.29, 0.717) is 6.07 Å². The van der Waals surface area contributed by atoms with Crippen molar-refractivity contribution in [2.45, 2.75) is 11.1 Å². The van der Waals surface area contributed by atoms with E-state index in [0.717, 1.165) is 25.3 Å². The Bertz CT molecular complexity index is 1230. The lowest BCUT2D eigenvalue weighted by Gasteiger charge is -2.16. The van der Waals surface area contributed by atoms with Gasteiger partial charge in [-0.15, -0.1) is 0 Å². The van der Waals surface area contributed by atoms with E-state index in [1.165, 1.54) is 24.4 Å². The topological polar surface area (TPSA) is 85.4 Å². The van der Waals surface area contributed by atoms with Crippen molar-refractivity contribution in [1.82, 2.24) is 4.98 Å². The fourth-order valence-electron chi connectivity index (χ4n) is 2.70. The zero-order chi connectivity index (χ0) is 22.8. The van der Waals surface area contributed by atoms with Crippen molar-refractivity contribution in [3.05, 3.63) is 76.4 Å². The summed E-state index contributed by atoms with van der Waals surface area (Å²) >= 11 is 3.10. The number of carbonyl (C=O) groups is 1. The zero-order valence-corrected chi connectivity index (χ0v) is 18.2. The van der Waals surface area contributed by atoms with E-state index in [9.17, 15) is 26.4 Å². The number of ether oxygens (including phenoxy) is 1. The highest BCUT2D eigenvalue weighted by atomic mass is 79.9. The van der Waals surface area contributed by atoms with Crippen molar-refractivity contribution >= 4 is 37.6 Å². The summed E-state index contributed by atoms with van der Waals surface area (Å²) in [4.78, 5) is 15.5. The van der Waals surface area contributed by atoms with Crippen LogP contribution in [0.5, 0.6) is 0 Å². The van der Waals surface area contributed by atoms with Crippen molar-refractivity contribution in [2.24, 2.45) is 0 Å². The lowest BCUT2D eigenvalue weighted by Crippen LogP contribution is -2.16. The lowest BCUT2D eigenvalue weighted by atomic mass is 10.1. The first kappa shape index (κ1) is 22.8. The molecule has 0 saturated carbocycles. The largest absolute Gasteiger partial charge is 0.465 e. The molecule has 0 spiro atoms. The van der Waals surface area contributed by atoms with Crippen LogP contribution in [-0.4, -0.2) is 26.5 Å². The molecule has 2 aromatic carbocycles. The van der Waals surface area contributed by atoms with E-state index in [-0.39, 0.29) is 31.9 Å². The molecule has 0 saturated heterocycles. The summed E-state index contributed by atoms with van der Waals surface area (Å²) in [6.07, 6.45) is -3.25. The molecule has 31 heavy (non-hydrogen) atoms. The van der Waals surface area contributed by atoms with Crippen LogP contribution in [0.25, 0.3) is 11.3 Å². The minimum Gasteiger partial charge on any atom is -0.465 e. The first-order valence-corrected chi connectivity index (χ1v) is 10.8. The molecule has 0 bridgehead atoms. The fourth-order valence-corrected chi connectivity index (χ4v) is 4.77. The second-order valence-corrected chi connectivity index (χ2v) is 8.72. The Hall–Kier alpha value is -2.92. The van der Waals surface area contributed by atoms with Gasteiger partial charge in [-0.25, -0.2) is 13.2 Å². The molecule has 0 radical (unpaired) electrons. The van der Waals surface area contributed by atoms with Crippen LogP contribution in [0, 0.1) is 0 Å². The molecule has 0 amide bonds. The Morgan fingerprint density at radius 3 is 2.45 bits per heavy atom. The second-order valence-electron chi connectivity index (χ2n) is 6.22. The summed E-state index contributed by atoms with van der Waals surface area (Å²) in [5.41, 5.74) is -0.968. The van der Waals surface area contributed by atoms with Crippen LogP contribution in [0.4, 0.5) is 18.9 Å². The van der Waals surface area contributed by atoms with E-state index in [1.807, 2.05) is 0 Å². The number of esters is 1. The number of hydrogen-bond acceptors (Lipinski definition) is 5. The third-order valence-corrected chi connectivity index (χ3v) is 6.53. The predicted octanol–water partition coefficient (Wildman–Crippen LogP) is 5.12. The molecule has 6 nitrogen and oxygen atoms in total. The van der Waals surface area contributed by atoms with Gasteiger partial charge in [0.05, 0.1) is 29.6 Å². The van der Waals surface area contributed by atoms with Gasteiger partial charge in [-0.1, -0.05) is 12.1 Å². The van der Waals surface area contributed by atoms with Crippen molar-refractivity contribution in [2.75, 3.05) is 11.8 Å². The standard InChI is InChI=1S/C20H14BrF3N2O4S/c1-30-19(27)12-5-8-15(21)18(10-12)31(28,29)26-17-11-13(20(22,23)24)6-7-14(17)16-4-2-3-9-25-16/h2-11,26H,1H3. The molecule has 11 heteroatoms. The van der Waals surface area contributed by atoms with Crippen LogP contribution in [-0.2, 0) is 20.9 Å². The van der Waals surface area contributed by atoms with Crippen LogP contribution in [0.3, 0.4) is 0 Å². The molecular formula is C20H14BrF3N2O4S. The van der Waals surface area contributed by atoms with E-state index in [4.69, 9.17) is 0 Å². The van der Waals surface area contributed by atoms with Crippen LogP contribution in [0.2, 0.25) is 0 Å². The minimum absolute atomic E-state index is 0.0416. The highest BCUT2D eigenvalue weighted by molar-refractivity contribution is 9.10. The van der Waals surface area contributed by atoms with Gasteiger partial charge in [0.1, 0.15) is 4.90 Å². The minimum atomic E-state index is -4.69. The molecule has 0 aliphatic carbocycles. The summed E-state index contributed by atoms with van der Waals surface area (Å²) in [6.45, 7) is 0. The highest BCUT2D eigenvalue weighted by Crippen LogP contribution is 2.37. The summed E-state index contributed by atoms with van der Waals surface area (Å²) in [7, 11) is -3.26. The average molecular weight is 515 g/mol. The summed E-state index contributed by atoms with van der Waals surface area (Å²) in [5, 5.41) is 0. The van der Waals surface area contributed by atoms with Crippen LogP contribution >= 0.6 is 15.9 Å². The maximum Gasteiger partial charge on any atom is 0.416 e. The molecule has 1 heterocycles. The van der Waals surface area contributed by atoms with Gasteiger partial charge in [-0.3, -0.25) is 9.71 Å². The third kappa shape index (κ3) is 5.05. The monoisotopic (exact) mass is 514 g/mol. The number of rotatable bonds is 5. The molecule has 0 aliphatic rings. The molecule has 0 fully saturated rings. The van der Waals surface area contributed by atoms with Gasteiger partial charge in [0.2, 0.25) is 0 Å². The SMILES string of the molecule is COC(=O)c1ccc(Br)c(S(=O)(=O)Nc2cc(C(F)(F)F)ccc2-c2ccccn2)c1. The van der Waals surface area contributed by atoms with Crippen LogP contribution in [0.1, 0.15) is 15.9 Å². The van der Waals surface area contributed by atoms with E-state index in [2.05, 4.69) is 30.4 Å². The fraction of sp³-hybridized carbons (Fsp3) is 0.100. The van der Waals surface area contributed by atoms with Crippen molar-refractivity contribution in [3.8, 4) is 11.3 Å². The molecule has 1 N–H and O–H groups in total. The number of nitrogens with zero attached hydrogens (tertiary/aromatic N) is 1. The normalized spacial score (nSPS) is 11.8. The second kappa shape index (κ2) is 8.67. The van der Waals surface area contributed by atoms with Crippen LogP contribution < -0.4 is 4.72 Å². The molecule has 162 valence electrons. The molecule has 3 rings (SSSR count). The zero-order valence-electron chi connectivity index (χ0n) is 15.8. The predicted molar refractivity (Wildman–Crippen MR) is 111 cm³/mol. The average Bonchev–Trinajstić information content (AvgIpc) is 2.73. The Morgan fingerprint density at radius 2 is 1.84 bits per heavy atom. The van der Waals surface area contributed by atoms with Gasteiger partial charge in [0.15, 0.2) is 0 Å². The molecule has 1 aromatic heterocycles. The van der Waals surface area contributed by atoms with Gasteiger partial charge in [0, 0.05) is 16.2 Å². The smallest absolute Gasteiger partial charge is 0.416 e. The maximum absolute atomic E-state index is 13.3. The van der Waals surface area contributed by atoms with Crippen molar-refractivity contribution in [1.29, 1.82) is 0 Å². The Labute approximate surface area is 184 Å². The Morgan fingerprint density at radius 1 is 1.10 bits per heavy atom. The number of sulfonamides is 1. The Kier molecular flexibility index (Phi) is 6.37. The molecular weight excluding hydrogens is 501 g/mol. The summed E-state index contributed by atoms with van der Waals surface area (Å²) in [6, 6.07) is 11.2. The molecule has 0 aliphatic heterocycles. The van der Waals surface area contributed by atoms with Crippen molar-refractivity contribution < 1.29 is 31.1 Å². The highest BCUT2D eigenvalue weighted by Gasteiger charge is 2.32. The number of carbonyl (C=O) groups excluding carboxylic acids is 1. The third-order valence-electron chi connectivity index (χ3n) is 4.17. The number of hydrogen-bond donors (Lipinski definition) is 1. The van der Waals surface area contributed by atoms with E-state index >= 15 is 0 Å². The van der Waals surface area contributed by atoms with Gasteiger partial charge < -0.3 is 4.74 Å². The molecule has 0 atom stereocenters. The maximum atomic E-state index is 13.3. The number of alkyl halides is 3. The first-order valence-electron chi connectivity index (χ1n) is 8.56. The number of anilines is 1. The number of benzene rings is 2. The van der Waals surface area contributed by atoms with E-state index < -0.39 is 27.7 Å². The molecule has 3 aromatic rings. The number of pyridine rings is 1. The van der Waals surface area contributed by atoms with Gasteiger partial charge >= 0.3 is 12.1 Å². The van der Waals surface area contributed by atoms with Gasteiger partial charge in [-0.2, -0.15) is 13.2 Å². The lowest BCUT2D eigenvalue weighted by molar-refractivity contribution is -0.137. The number of methoxy groups -OCH3 is 1. The summed E-state index contributed by atoms with van der Waals surface area (Å²) < 4.78 is 72.7.